The summed E-state index contributed by atoms with van der Waals surface area (Å²) in [5.74, 6) is 0.965. The van der Waals surface area contributed by atoms with Crippen LogP contribution in [0.5, 0.6) is 0 Å². The Hall–Kier alpha value is -1.02. The number of hydrogen-bond acceptors (Lipinski definition) is 1. The third-order valence-corrected chi connectivity index (χ3v) is 3.12. The molecule has 0 saturated carbocycles. The zero-order valence-corrected chi connectivity index (χ0v) is 12.5. The van der Waals surface area contributed by atoms with Crippen LogP contribution in [0.15, 0.2) is 18.2 Å². The van der Waals surface area contributed by atoms with Crippen LogP contribution in [-0.4, -0.2) is 9.55 Å². The number of fused-ring (bicyclic) bond motifs is 1. The minimum atomic E-state index is -0.0694. The molecule has 2 aromatic rings. The van der Waals surface area contributed by atoms with Gasteiger partial charge in [-0.1, -0.05) is 26.8 Å². The van der Waals surface area contributed by atoms with E-state index in [2.05, 4.69) is 55.4 Å². The van der Waals surface area contributed by atoms with Gasteiger partial charge in [-0.2, -0.15) is 0 Å². The predicted molar refractivity (Wildman–Crippen MR) is 78.2 cm³/mol. The lowest BCUT2D eigenvalue weighted by Crippen LogP contribution is -2.17. The van der Waals surface area contributed by atoms with Crippen molar-refractivity contribution in [3.05, 3.63) is 29.6 Å². The van der Waals surface area contributed by atoms with Crippen LogP contribution < -0.4 is 0 Å². The molecule has 0 amide bonds. The van der Waals surface area contributed by atoms with Crippen molar-refractivity contribution in [2.75, 3.05) is 0 Å². The Kier molecular flexibility index (Phi) is 3.41. The van der Waals surface area contributed by atoms with Gasteiger partial charge < -0.3 is 4.57 Å². The fraction of sp³-hybridized carbons (Fsp3) is 0.533. The fourth-order valence-corrected chi connectivity index (χ4v) is 2.37. The molecule has 1 aromatic carbocycles. The summed E-state index contributed by atoms with van der Waals surface area (Å²) in [6, 6.07) is 6.40. The van der Waals surface area contributed by atoms with E-state index in [0.29, 0.717) is 0 Å². The van der Waals surface area contributed by atoms with E-state index in [4.69, 9.17) is 11.6 Å². The second-order valence-electron chi connectivity index (χ2n) is 6.22. The molecule has 0 spiro atoms. The number of aryl methyl sites for hydroxylation is 1. The number of halogens is 1. The van der Waals surface area contributed by atoms with Gasteiger partial charge in [0, 0.05) is 6.54 Å². The number of nitrogens with zero attached hydrogens (tertiary/aromatic N) is 2. The minimum Gasteiger partial charge on any atom is -0.326 e. The summed E-state index contributed by atoms with van der Waals surface area (Å²) in [4.78, 5) is 4.69. The molecule has 0 aliphatic rings. The maximum Gasteiger partial charge on any atom is 0.127 e. The van der Waals surface area contributed by atoms with Gasteiger partial charge in [-0.3, -0.25) is 0 Å². The van der Waals surface area contributed by atoms with Crippen LogP contribution in [0.4, 0.5) is 0 Å². The first-order chi connectivity index (χ1) is 8.28. The van der Waals surface area contributed by atoms with Crippen molar-refractivity contribution in [1.82, 2.24) is 9.55 Å². The van der Waals surface area contributed by atoms with Gasteiger partial charge in [0.15, 0.2) is 0 Å². The van der Waals surface area contributed by atoms with Crippen molar-refractivity contribution in [2.45, 2.75) is 46.5 Å². The van der Waals surface area contributed by atoms with Gasteiger partial charge in [0.2, 0.25) is 0 Å². The smallest absolute Gasteiger partial charge is 0.127 e. The number of imidazole rings is 1. The average Bonchev–Trinajstić information content (AvgIpc) is 2.54. The van der Waals surface area contributed by atoms with E-state index in [1.807, 2.05) is 6.92 Å². The molecule has 2 rings (SSSR count). The van der Waals surface area contributed by atoms with E-state index in [0.717, 1.165) is 17.9 Å². The second-order valence-corrected chi connectivity index (χ2v) is 6.88. The number of hydrogen-bond donors (Lipinski definition) is 0. The molecule has 0 N–H and O–H groups in total. The molecule has 0 aliphatic carbocycles. The Bertz CT molecular complexity index is 562. The lowest BCUT2D eigenvalue weighted by Gasteiger charge is -2.21. The third-order valence-electron chi connectivity index (χ3n) is 2.92. The average molecular weight is 265 g/mol. The van der Waals surface area contributed by atoms with Crippen LogP contribution in [0, 0.1) is 12.3 Å². The normalized spacial score (nSPS) is 14.1. The first-order valence-electron chi connectivity index (χ1n) is 6.39. The van der Waals surface area contributed by atoms with Crippen molar-refractivity contribution < 1.29 is 0 Å². The number of aromatic nitrogens is 2. The van der Waals surface area contributed by atoms with Gasteiger partial charge in [0.1, 0.15) is 5.82 Å². The van der Waals surface area contributed by atoms with Crippen molar-refractivity contribution >= 4 is 22.6 Å². The summed E-state index contributed by atoms with van der Waals surface area (Å²) in [5.41, 5.74) is 3.66. The topological polar surface area (TPSA) is 17.8 Å². The quantitative estimate of drug-likeness (QED) is 0.720. The van der Waals surface area contributed by atoms with E-state index >= 15 is 0 Å². The molecule has 0 saturated heterocycles. The zero-order chi connectivity index (χ0) is 13.5. The van der Waals surface area contributed by atoms with E-state index < -0.39 is 0 Å². The van der Waals surface area contributed by atoms with Gasteiger partial charge in [-0.25, -0.2) is 4.98 Å². The van der Waals surface area contributed by atoms with Gasteiger partial charge in [-0.05, 0) is 37.0 Å². The standard InChI is InChI=1S/C15H21ClN2/c1-10-6-7-13-12(8-10)17-14(11(2)16)18(13)9-15(3,4)5/h6-8,11H,9H2,1-5H3. The lowest BCUT2D eigenvalue weighted by molar-refractivity contribution is 0.343. The highest BCUT2D eigenvalue weighted by molar-refractivity contribution is 6.20. The molecule has 1 atom stereocenters. The zero-order valence-electron chi connectivity index (χ0n) is 11.8. The summed E-state index contributed by atoms with van der Waals surface area (Å²) >= 11 is 6.27. The molecule has 1 heterocycles. The maximum absolute atomic E-state index is 6.27. The molecule has 0 radical (unpaired) electrons. The third kappa shape index (κ3) is 2.69. The van der Waals surface area contributed by atoms with Crippen LogP contribution in [0.25, 0.3) is 11.0 Å². The van der Waals surface area contributed by atoms with Crippen molar-refractivity contribution in [2.24, 2.45) is 5.41 Å². The highest BCUT2D eigenvalue weighted by atomic mass is 35.5. The predicted octanol–water partition coefficient (Wildman–Crippen LogP) is 4.69. The van der Waals surface area contributed by atoms with Gasteiger partial charge in [-0.15, -0.1) is 11.6 Å². The second kappa shape index (κ2) is 4.58. The maximum atomic E-state index is 6.27. The Morgan fingerprint density at radius 3 is 2.56 bits per heavy atom. The van der Waals surface area contributed by atoms with E-state index in [9.17, 15) is 0 Å². The summed E-state index contributed by atoms with van der Waals surface area (Å²) in [6.07, 6.45) is 0. The number of alkyl halides is 1. The van der Waals surface area contributed by atoms with Gasteiger partial charge in [0.05, 0.1) is 16.4 Å². The summed E-state index contributed by atoms with van der Waals surface area (Å²) in [7, 11) is 0. The SMILES string of the molecule is Cc1ccc2c(c1)nc(C(C)Cl)n2CC(C)(C)C. The molecule has 1 aromatic heterocycles. The van der Waals surface area contributed by atoms with Crippen molar-refractivity contribution in [3.8, 4) is 0 Å². The van der Waals surface area contributed by atoms with Gasteiger partial charge in [0.25, 0.3) is 0 Å². The van der Waals surface area contributed by atoms with Gasteiger partial charge >= 0.3 is 0 Å². The van der Waals surface area contributed by atoms with Crippen LogP contribution in [0.1, 0.15) is 44.5 Å². The highest BCUT2D eigenvalue weighted by Crippen LogP contribution is 2.28. The Labute approximate surface area is 114 Å². The Morgan fingerprint density at radius 2 is 2.00 bits per heavy atom. The first-order valence-corrected chi connectivity index (χ1v) is 6.82. The van der Waals surface area contributed by atoms with Crippen LogP contribution in [-0.2, 0) is 6.54 Å². The fourth-order valence-electron chi connectivity index (χ4n) is 2.20. The van der Waals surface area contributed by atoms with E-state index in [-0.39, 0.29) is 10.8 Å². The molecule has 98 valence electrons. The Morgan fingerprint density at radius 1 is 1.33 bits per heavy atom. The highest BCUT2D eigenvalue weighted by Gasteiger charge is 2.19. The molecule has 0 aliphatic heterocycles. The molecule has 18 heavy (non-hydrogen) atoms. The molecule has 2 nitrogen and oxygen atoms in total. The lowest BCUT2D eigenvalue weighted by atomic mass is 9.96. The van der Waals surface area contributed by atoms with E-state index in [1.165, 1.54) is 11.1 Å². The molecule has 0 bridgehead atoms. The largest absolute Gasteiger partial charge is 0.326 e. The summed E-state index contributed by atoms with van der Waals surface area (Å²) in [6.45, 7) is 11.7. The summed E-state index contributed by atoms with van der Waals surface area (Å²) in [5, 5.41) is -0.0694. The van der Waals surface area contributed by atoms with Crippen molar-refractivity contribution in [1.29, 1.82) is 0 Å². The first kappa shape index (κ1) is 13.4. The molecule has 1 unspecified atom stereocenters. The van der Waals surface area contributed by atoms with Crippen LogP contribution in [0.3, 0.4) is 0 Å². The number of benzene rings is 1. The van der Waals surface area contributed by atoms with Crippen molar-refractivity contribution in [3.63, 3.8) is 0 Å². The summed E-state index contributed by atoms with van der Waals surface area (Å²) < 4.78 is 2.26. The molecule has 0 fully saturated rings. The Balaban J connectivity index is 2.63. The minimum absolute atomic E-state index is 0.0694. The van der Waals surface area contributed by atoms with E-state index in [1.54, 1.807) is 0 Å². The molecular formula is C15H21ClN2. The van der Waals surface area contributed by atoms with Crippen LogP contribution >= 0.6 is 11.6 Å². The van der Waals surface area contributed by atoms with Crippen LogP contribution in [0.2, 0.25) is 0 Å². The monoisotopic (exact) mass is 264 g/mol. The number of rotatable bonds is 2. The molecular weight excluding hydrogens is 244 g/mol. The molecule has 3 heteroatoms.